The maximum Gasteiger partial charge on any atom is 0.257 e. The normalized spacial score (nSPS) is 14.0. The van der Waals surface area contributed by atoms with Crippen molar-refractivity contribution < 1.29 is 19.1 Å². The van der Waals surface area contributed by atoms with Crippen molar-refractivity contribution >= 4 is 11.8 Å². The van der Waals surface area contributed by atoms with E-state index in [1.54, 1.807) is 30.2 Å². The van der Waals surface area contributed by atoms with Crippen LogP contribution in [0.2, 0.25) is 0 Å². The molecule has 0 saturated carbocycles. The van der Waals surface area contributed by atoms with Gasteiger partial charge in [-0.25, -0.2) is 0 Å². The molecule has 142 valence electrons. The molecule has 27 heavy (non-hydrogen) atoms. The van der Waals surface area contributed by atoms with Crippen molar-refractivity contribution in [2.75, 3.05) is 40.4 Å². The van der Waals surface area contributed by atoms with E-state index in [1.165, 1.54) is 7.11 Å². The molecule has 1 fully saturated rings. The first-order chi connectivity index (χ1) is 13.1. The molecule has 2 aromatic carbocycles. The summed E-state index contributed by atoms with van der Waals surface area (Å²) in [6.07, 6.45) is 0.387. The summed E-state index contributed by atoms with van der Waals surface area (Å²) in [5.74, 6) is 0.945. The summed E-state index contributed by atoms with van der Waals surface area (Å²) in [7, 11) is 3.07. The Morgan fingerprint density at radius 1 is 0.852 bits per heavy atom. The van der Waals surface area contributed by atoms with Crippen molar-refractivity contribution in [1.82, 2.24) is 9.80 Å². The zero-order valence-electron chi connectivity index (χ0n) is 15.7. The molecule has 6 heteroatoms. The fraction of sp³-hybridized carbons (Fsp3) is 0.333. The summed E-state index contributed by atoms with van der Waals surface area (Å²) in [6.45, 7) is 2.06. The number of para-hydroxylation sites is 1. The molecule has 2 amide bonds. The van der Waals surface area contributed by atoms with Crippen molar-refractivity contribution in [3.05, 3.63) is 59.7 Å². The monoisotopic (exact) mass is 368 g/mol. The Hall–Kier alpha value is -3.02. The van der Waals surface area contributed by atoms with Gasteiger partial charge in [-0.2, -0.15) is 0 Å². The van der Waals surface area contributed by atoms with Gasteiger partial charge in [0.05, 0.1) is 26.2 Å². The third kappa shape index (κ3) is 4.22. The van der Waals surface area contributed by atoms with Gasteiger partial charge in [0, 0.05) is 26.2 Å². The van der Waals surface area contributed by atoms with Gasteiger partial charge in [-0.05, 0) is 17.7 Å². The van der Waals surface area contributed by atoms with Crippen LogP contribution in [0.25, 0.3) is 0 Å². The van der Waals surface area contributed by atoms with Gasteiger partial charge < -0.3 is 19.3 Å². The molecule has 6 nitrogen and oxygen atoms in total. The van der Waals surface area contributed by atoms with E-state index in [0.29, 0.717) is 49.7 Å². The maximum absolute atomic E-state index is 12.9. The quantitative estimate of drug-likeness (QED) is 0.812. The average molecular weight is 368 g/mol. The molecule has 0 spiro atoms. The molecule has 1 saturated heterocycles. The van der Waals surface area contributed by atoms with Gasteiger partial charge in [-0.3, -0.25) is 9.59 Å². The van der Waals surface area contributed by atoms with Gasteiger partial charge in [0.1, 0.15) is 0 Å². The molecular weight excluding hydrogens is 344 g/mol. The van der Waals surface area contributed by atoms with Gasteiger partial charge >= 0.3 is 0 Å². The van der Waals surface area contributed by atoms with Gasteiger partial charge in [0.2, 0.25) is 5.91 Å². The molecule has 2 aromatic rings. The Bertz CT molecular complexity index is 799. The SMILES string of the molecule is COc1cccc(C(=O)N2CCN(C(=O)Cc3ccccc3)CC2)c1OC. The lowest BCUT2D eigenvalue weighted by molar-refractivity contribution is -0.131. The van der Waals surface area contributed by atoms with E-state index < -0.39 is 0 Å². The second-order valence-electron chi connectivity index (χ2n) is 6.38. The van der Waals surface area contributed by atoms with Crippen LogP contribution >= 0.6 is 0 Å². The highest BCUT2D eigenvalue weighted by atomic mass is 16.5. The first-order valence-corrected chi connectivity index (χ1v) is 8.96. The highest BCUT2D eigenvalue weighted by Crippen LogP contribution is 2.31. The van der Waals surface area contributed by atoms with E-state index >= 15 is 0 Å². The van der Waals surface area contributed by atoms with E-state index in [2.05, 4.69) is 0 Å². The zero-order chi connectivity index (χ0) is 19.2. The smallest absolute Gasteiger partial charge is 0.257 e. The minimum Gasteiger partial charge on any atom is -0.493 e. The Balaban J connectivity index is 1.62. The molecule has 3 rings (SSSR count). The zero-order valence-corrected chi connectivity index (χ0v) is 15.7. The number of ether oxygens (including phenoxy) is 2. The molecule has 0 radical (unpaired) electrons. The Labute approximate surface area is 159 Å². The number of amides is 2. The predicted molar refractivity (Wildman–Crippen MR) is 102 cm³/mol. The number of nitrogens with zero attached hydrogens (tertiary/aromatic N) is 2. The summed E-state index contributed by atoms with van der Waals surface area (Å²) in [5, 5.41) is 0. The number of benzene rings is 2. The van der Waals surface area contributed by atoms with Crippen LogP contribution in [0.5, 0.6) is 11.5 Å². The van der Waals surface area contributed by atoms with E-state index in [0.717, 1.165) is 5.56 Å². The third-order valence-corrected chi connectivity index (χ3v) is 4.75. The van der Waals surface area contributed by atoms with Crippen LogP contribution in [0.1, 0.15) is 15.9 Å². The lowest BCUT2D eigenvalue weighted by Crippen LogP contribution is -2.51. The fourth-order valence-electron chi connectivity index (χ4n) is 3.27. The summed E-state index contributed by atoms with van der Waals surface area (Å²) in [5.41, 5.74) is 1.48. The molecular formula is C21H24N2O4. The van der Waals surface area contributed by atoms with Gasteiger partial charge in [0.25, 0.3) is 5.91 Å². The van der Waals surface area contributed by atoms with Crippen molar-refractivity contribution in [1.29, 1.82) is 0 Å². The molecule has 0 N–H and O–H groups in total. The number of hydrogen-bond acceptors (Lipinski definition) is 4. The highest BCUT2D eigenvalue weighted by Gasteiger charge is 2.27. The first kappa shape index (κ1) is 18.8. The molecule has 0 unspecified atom stereocenters. The van der Waals surface area contributed by atoms with Crippen molar-refractivity contribution in [3.63, 3.8) is 0 Å². The topological polar surface area (TPSA) is 59.1 Å². The first-order valence-electron chi connectivity index (χ1n) is 8.96. The molecule has 1 aliphatic heterocycles. The molecule has 1 heterocycles. The van der Waals surface area contributed by atoms with E-state index in [-0.39, 0.29) is 11.8 Å². The molecule has 0 aromatic heterocycles. The summed E-state index contributed by atoms with van der Waals surface area (Å²) < 4.78 is 10.6. The number of piperazine rings is 1. The number of rotatable bonds is 5. The van der Waals surface area contributed by atoms with E-state index in [4.69, 9.17) is 9.47 Å². The Kier molecular flexibility index (Phi) is 5.96. The van der Waals surface area contributed by atoms with Crippen LogP contribution in [0, 0.1) is 0 Å². The predicted octanol–water partition coefficient (Wildman–Crippen LogP) is 2.23. The maximum atomic E-state index is 12.9. The summed E-state index contributed by atoms with van der Waals surface area (Å²) in [6, 6.07) is 15.0. The van der Waals surface area contributed by atoms with Gasteiger partial charge in [0.15, 0.2) is 11.5 Å². The third-order valence-electron chi connectivity index (χ3n) is 4.75. The van der Waals surface area contributed by atoms with Crippen LogP contribution in [-0.4, -0.2) is 62.0 Å². The largest absolute Gasteiger partial charge is 0.493 e. The standard InChI is InChI=1S/C21H24N2O4/c1-26-18-10-6-9-17(20(18)27-2)21(25)23-13-11-22(12-14-23)19(24)15-16-7-4-3-5-8-16/h3-10H,11-15H2,1-2H3. The molecule has 0 atom stereocenters. The van der Waals surface area contributed by atoms with Crippen LogP contribution in [-0.2, 0) is 11.2 Å². The molecule has 0 aliphatic carbocycles. The Morgan fingerprint density at radius 2 is 1.52 bits per heavy atom. The second-order valence-corrected chi connectivity index (χ2v) is 6.38. The molecule has 1 aliphatic rings. The summed E-state index contributed by atoms with van der Waals surface area (Å²) in [4.78, 5) is 29.0. The van der Waals surface area contributed by atoms with E-state index in [9.17, 15) is 9.59 Å². The van der Waals surface area contributed by atoms with Crippen molar-refractivity contribution in [2.24, 2.45) is 0 Å². The van der Waals surface area contributed by atoms with Crippen molar-refractivity contribution in [2.45, 2.75) is 6.42 Å². The minimum absolute atomic E-state index is 0.0901. The second kappa shape index (κ2) is 8.58. The number of carbonyl (C=O) groups excluding carboxylic acids is 2. The van der Waals surface area contributed by atoms with E-state index in [1.807, 2.05) is 35.2 Å². The van der Waals surface area contributed by atoms with Crippen LogP contribution in [0.15, 0.2) is 48.5 Å². The average Bonchev–Trinajstić information content (AvgIpc) is 2.73. The van der Waals surface area contributed by atoms with Gasteiger partial charge in [-0.1, -0.05) is 36.4 Å². The number of carbonyl (C=O) groups is 2. The van der Waals surface area contributed by atoms with Crippen LogP contribution in [0.4, 0.5) is 0 Å². The Morgan fingerprint density at radius 3 is 2.15 bits per heavy atom. The minimum atomic E-state index is -0.110. The van der Waals surface area contributed by atoms with Crippen molar-refractivity contribution in [3.8, 4) is 11.5 Å². The van der Waals surface area contributed by atoms with Crippen LogP contribution in [0.3, 0.4) is 0 Å². The fourth-order valence-corrected chi connectivity index (χ4v) is 3.27. The summed E-state index contributed by atoms with van der Waals surface area (Å²) >= 11 is 0. The molecule has 0 bridgehead atoms. The van der Waals surface area contributed by atoms with Gasteiger partial charge in [-0.15, -0.1) is 0 Å². The highest BCUT2D eigenvalue weighted by molar-refractivity contribution is 5.98. The van der Waals surface area contributed by atoms with Crippen LogP contribution < -0.4 is 9.47 Å². The number of hydrogen-bond donors (Lipinski definition) is 0. The number of methoxy groups -OCH3 is 2. The lowest BCUT2D eigenvalue weighted by Gasteiger charge is -2.35. The lowest BCUT2D eigenvalue weighted by atomic mass is 10.1.